The topological polar surface area (TPSA) is 71.1 Å². The zero-order valence-electron chi connectivity index (χ0n) is 20.6. The summed E-state index contributed by atoms with van der Waals surface area (Å²) in [6.07, 6.45) is 14.1. The molecule has 3 atom stereocenters. The molecule has 1 aliphatic heterocycles. The normalized spacial score (nSPS) is 29.7. The van der Waals surface area contributed by atoms with Gasteiger partial charge in [0.25, 0.3) is 0 Å². The third-order valence-corrected chi connectivity index (χ3v) is 7.50. The number of carboxylic acids is 1. The van der Waals surface area contributed by atoms with Gasteiger partial charge in [0, 0.05) is 25.7 Å². The fourth-order valence-corrected chi connectivity index (χ4v) is 5.61. The Hall–Kier alpha value is 0.310. The minimum absolute atomic E-state index is 0. The van der Waals surface area contributed by atoms with Crippen molar-refractivity contribution in [3.63, 3.8) is 0 Å². The quantitative estimate of drug-likeness (QED) is 0.291. The van der Waals surface area contributed by atoms with Crippen molar-refractivity contribution >= 4 is 5.97 Å². The van der Waals surface area contributed by atoms with Gasteiger partial charge < -0.3 is 24.1 Å². The monoisotopic (exact) mass is 461 g/mol. The van der Waals surface area contributed by atoms with E-state index in [4.69, 9.17) is 14.2 Å². The van der Waals surface area contributed by atoms with Crippen LogP contribution >= 0.6 is 0 Å². The molecule has 1 heterocycles. The first kappa shape index (κ1) is 28.5. The third-order valence-electron chi connectivity index (χ3n) is 7.50. The van der Waals surface area contributed by atoms with E-state index in [1.807, 2.05) is 0 Å². The molecule has 0 amide bonds. The van der Waals surface area contributed by atoms with Crippen molar-refractivity contribution in [2.75, 3.05) is 32.9 Å². The Kier molecular flexibility index (Phi) is 14.3. The number of hydrogen-bond acceptors (Lipinski definition) is 6. The second kappa shape index (κ2) is 16.1. The van der Waals surface area contributed by atoms with Crippen LogP contribution < -0.4 is 34.7 Å². The Morgan fingerprint density at radius 3 is 2.59 bits per heavy atom. The zero-order chi connectivity index (χ0) is 21.9. The SMILES string of the molecule is CCCCCCOC(CC1CCC(OCCN2CCOC3CCCCC32)CC1)C(=O)[O-].[Na+]. The van der Waals surface area contributed by atoms with Crippen LogP contribution in [0.3, 0.4) is 0 Å². The van der Waals surface area contributed by atoms with Crippen LogP contribution in [0, 0.1) is 5.92 Å². The van der Waals surface area contributed by atoms with Gasteiger partial charge in [0.1, 0.15) is 0 Å². The number of fused-ring (bicyclic) bond motifs is 1. The van der Waals surface area contributed by atoms with E-state index in [9.17, 15) is 9.90 Å². The first-order chi connectivity index (χ1) is 15.2. The Morgan fingerprint density at radius 1 is 1.06 bits per heavy atom. The number of carbonyl (C=O) groups is 1. The van der Waals surface area contributed by atoms with Crippen molar-refractivity contribution in [1.29, 1.82) is 0 Å². The molecule has 0 aromatic rings. The third kappa shape index (κ3) is 9.52. The molecule has 1 saturated heterocycles. The second-order valence-electron chi connectivity index (χ2n) is 9.79. The molecule has 180 valence electrons. The molecule has 3 fully saturated rings. The molecule has 3 rings (SSSR count). The summed E-state index contributed by atoms with van der Waals surface area (Å²) < 4.78 is 17.8. The number of aliphatic carboxylic acids is 1. The Morgan fingerprint density at radius 2 is 1.84 bits per heavy atom. The van der Waals surface area contributed by atoms with E-state index < -0.39 is 12.1 Å². The molecular formula is C25H44NNaO5. The Labute approximate surface area is 217 Å². The van der Waals surface area contributed by atoms with E-state index >= 15 is 0 Å². The van der Waals surface area contributed by atoms with Crippen molar-refractivity contribution in [2.45, 2.75) is 115 Å². The maximum atomic E-state index is 11.5. The van der Waals surface area contributed by atoms with Crippen LogP contribution in [0.2, 0.25) is 0 Å². The van der Waals surface area contributed by atoms with Crippen molar-refractivity contribution in [3.8, 4) is 0 Å². The largest absolute Gasteiger partial charge is 1.00 e. The van der Waals surface area contributed by atoms with Gasteiger partial charge in [-0.3, -0.25) is 4.90 Å². The minimum Gasteiger partial charge on any atom is -0.547 e. The molecule has 32 heavy (non-hydrogen) atoms. The maximum Gasteiger partial charge on any atom is 1.00 e. The molecule has 6 nitrogen and oxygen atoms in total. The van der Waals surface area contributed by atoms with Gasteiger partial charge in [-0.15, -0.1) is 0 Å². The predicted molar refractivity (Wildman–Crippen MR) is 119 cm³/mol. The number of carbonyl (C=O) groups excluding carboxylic acids is 1. The molecule has 3 unspecified atom stereocenters. The van der Waals surface area contributed by atoms with Crippen LogP contribution in [0.15, 0.2) is 0 Å². The molecule has 0 aromatic heterocycles. The van der Waals surface area contributed by atoms with Gasteiger partial charge in [0.2, 0.25) is 0 Å². The van der Waals surface area contributed by atoms with E-state index in [0.717, 1.165) is 64.8 Å². The number of rotatable bonds is 13. The fraction of sp³-hybridized carbons (Fsp3) is 0.960. The van der Waals surface area contributed by atoms with E-state index in [1.54, 1.807) is 0 Å². The van der Waals surface area contributed by atoms with Crippen LogP contribution in [-0.2, 0) is 19.0 Å². The van der Waals surface area contributed by atoms with E-state index in [-0.39, 0.29) is 29.6 Å². The molecule has 0 radical (unpaired) electrons. The molecule has 0 bridgehead atoms. The summed E-state index contributed by atoms with van der Waals surface area (Å²) in [7, 11) is 0. The van der Waals surface area contributed by atoms with Gasteiger partial charge in [-0.25, -0.2) is 0 Å². The number of nitrogens with zero attached hydrogens (tertiary/aromatic N) is 1. The summed E-state index contributed by atoms with van der Waals surface area (Å²) in [5.74, 6) is -0.652. The Bertz CT molecular complexity index is 513. The summed E-state index contributed by atoms with van der Waals surface area (Å²) >= 11 is 0. The van der Waals surface area contributed by atoms with Crippen molar-refractivity contribution in [2.24, 2.45) is 5.92 Å². The van der Waals surface area contributed by atoms with Crippen LogP contribution in [0.1, 0.15) is 90.4 Å². The molecular weight excluding hydrogens is 417 g/mol. The number of ether oxygens (including phenoxy) is 3. The molecule has 2 aliphatic carbocycles. The summed E-state index contributed by atoms with van der Waals surface area (Å²) in [6, 6.07) is 0.588. The average Bonchev–Trinajstić information content (AvgIpc) is 2.79. The number of hydrogen-bond donors (Lipinski definition) is 0. The standard InChI is InChI=1S/C25H45NO5.Na/c1-2-3-4-7-16-30-24(25(27)28)19-20-10-12-21(13-11-20)29-17-14-26-15-18-31-23-9-6-5-8-22(23)26;/h20-24H,2-19H2,1H3,(H,27,28);/q;+1/p-1. The van der Waals surface area contributed by atoms with Gasteiger partial charge in [0.05, 0.1) is 37.5 Å². The van der Waals surface area contributed by atoms with Gasteiger partial charge >= 0.3 is 29.6 Å². The predicted octanol–water partition coefficient (Wildman–Crippen LogP) is 0.315. The molecule has 0 spiro atoms. The summed E-state index contributed by atoms with van der Waals surface area (Å²) in [5, 5.41) is 11.5. The van der Waals surface area contributed by atoms with E-state index in [2.05, 4.69) is 11.8 Å². The molecule has 2 saturated carbocycles. The summed E-state index contributed by atoms with van der Waals surface area (Å²) in [5.41, 5.74) is 0. The number of carboxylic acid groups (broad SMARTS) is 1. The van der Waals surface area contributed by atoms with Crippen molar-refractivity contribution in [3.05, 3.63) is 0 Å². The van der Waals surface area contributed by atoms with Crippen LogP contribution in [0.25, 0.3) is 0 Å². The van der Waals surface area contributed by atoms with Crippen molar-refractivity contribution < 1.29 is 53.7 Å². The molecule has 0 N–H and O–H groups in total. The van der Waals surface area contributed by atoms with Crippen molar-refractivity contribution in [1.82, 2.24) is 4.90 Å². The number of unbranched alkanes of at least 4 members (excludes halogenated alkanes) is 3. The number of morpholine rings is 1. The van der Waals surface area contributed by atoms with Crippen LogP contribution in [0.5, 0.6) is 0 Å². The molecule has 0 aromatic carbocycles. The first-order valence-electron chi connectivity index (χ1n) is 13.0. The van der Waals surface area contributed by atoms with Gasteiger partial charge in [0.15, 0.2) is 0 Å². The Balaban J connectivity index is 0.00000363. The van der Waals surface area contributed by atoms with Crippen LogP contribution in [0.4, 0.5) is 0 Å². The van der Waals surface area contributed by atoms with Gasteiger partial charge in [-0.1, -0.05) is 39.0 Å². The van der Waals surface area contributed by atoms with Gasteiger partial charge in [-0.2, -0.15) is 0 Å². The van der Waals surface area contributed by atoms with E-state index in [0.29, 0.717) is 37.2 Å². The average molecular weight is 462 g/mol. The molecule has 7 heteroatoms. The second-order valence-corrected chi connectivity index (χ2v) is 9.79. The fourth-order valence-electron chi connectivity index (χ4n) is 5.61. The summed E-state index contributed by atoms with van der Waals surface area (Å²) in [4.78, 5) is 14.1. The maximum absolute atomic E-state index is 11.5. The van der Waals surface area contributed by atoms with Crippen LogP contribution in [-0.4, -0.2) is 68.1 Å². The first-order valence-corrected chi connectivity index (χ1v) is 13.0. The zero-order valence-corrected chi connectivity index (χ0v) is 22.6. The van der Waals surface area contributed by atoms with Gasteiger partial charge in [-0.05, 0) is 57.3 Å². The van der Waals surface area contributed by atoms with E-state index in [1.165, 1.54) is 38.5 Å². The molecule has 3 aliphatic rings. The minimum atomic E-state index is -1.06. The smallest absolute Gasteiger partial charge is 0.547 e. The summed E-state index contributed by atoms with van der Waals surface area (Å²) in [6.45, 7) is 6.37.